The van der Waals surface area contributed by atoms with Crippen molar-refractivity contribution in [2.24, 2.45) is 11.8 Å². The number of nitrogens with zero attached hydrogens (tertiary/aromatic N) is 4. The van der Waals surface area contributed by atoms with Crippen molar-refractivity contribution in [3.8, 4) is 0 Å². The summed E-state index contributed by atoms with van der Waals surface area (Å²) >= 11 is 0. The van der Waals surface area contributed by atoms with Crippen LogP contribution in [-0.4, -0.2) is 52.0 Å². The molecule has 0 aliphatic carbocycles. The van der Waals surface area contributed by atoms with E-state index in [1.165, 1.54) is 0 Å². The zero-order valence-corrected chi connectivity index (χ0v) is 16.9. The Morgan fingerprint density at radius 3 is 2.28 bits per heavy atom. The second kappa shape index (κ2) is 10.8. The highest BCUT2D eigenvalue weighted by atomic mass is 35.5. The minimum atomic E-state index is 0. The van der Waals surface area contributed by atoms with Gasteiger partial charge >= 0.3 is 0 Å². The van der Waals surface area contributed by atoms with Crippen LogP contribution in [0.2, 0.25) is 0 Å². The topological polar surface area (TPSA) is 63.1 Å². The molecular weight excluding hydrogens is 338 g/mol. The van der Waals surface area contributed by atoms with Gasteiger partial charge < -0.3 is 10.2 Å². The van der Waals surface area contributed by atoms with Gasteiger partial charge in [0.1, 0.15) is 0 Å². The van der Waals surface area contributed by atoms with Crippen LogP contribution in [0.5, 0.6) is 0 Å². The first-order valence-electron chi connectivity index (χ1n) is 9.39. The lowest BCUT2D eigenvalue weighted by molar-refractivity contribution is 0.0734. The normalized spacial score (nSPS) is 15.4. The van der Waals surface area contributed by atoms with Gasteiger partial charge in [-0.15, -0.1) is 17.5 Å². The van der Waals surface area contributed by atoms with Crippen LogP contribution in [0.1, 0.15) is 69.9 Å². The number of hydrogen-bond donors (Lipinski definition) is 1. The van der Waals surface area contributed by atoms with E-state index in [2.05, 4.69) is 43.3 Å². The number of carbonyl (C=O) groups is 1. The highest BCUT2D eigenvalue weighted by Gasteiger charge is 2.22. The fourth-order valence-electron chi connectivity index (χ4n) is 2.93. The summed E-state index contributed by atoms with van der Waals surface area (Å²) in [4.78, 5) is 14.8. The van der Waals surface area contributed by atoms with E-state index in [1.807, 2.05) is 15.8 Å². The molecule has 1 saturated heterocycles. The van der Waals surface area contributed by atoms with E-state index in [9.17, 15) is 4.79 Å². The van der Waals surface area contributed by atoms with E-state index >= 15 is 0 Å². The van der Waals surface area contributed by atoms with Gasteiger partial charge in [-0.2, -0.15) is 0 Å². The molecule has 1 aliphatic rings. The summed E-state index contributed by atoms with van der Waals surface area (Å²) < 4.78 is 1.89. The molecule has 0 unspecified atom stereocenters. The fraction of sp³-hybridized carbons (Fsp3) is 0.833. The molecule has 2 rings (SSSR count). The van der Waals surface area contributed by atoms with Gasteiger partial charge in [-0.25, -0.2) is 4.68 Å². The average molecular weight is 372 g/mol. The number of rotatable bonds is 8. The van der Waals surface area contributed by atoms with E-state index in [0.717, 1.165) is 51.9 Å². The van der Waals surface area contributed by atoms with Gasteiger partial charge in [-0.3, -0.25) is 4.79 Å². The molecule has 0 bridgehead atoms. The van der Waals surface area contributed by atoms with E-state index in [1.54, 1.807) is 0 Å². The van der Waals surface area contributed by atoms with Crippen molar-refractivity contribution >= 4 is 18.3 Å². The van der Waals surface area contributed by atoms with Crippen molar-refractivity contribution < 1.29 is 4.79 Å². The molecule has 0 spiro atoms. The van der Waals surface area contributed by atoms with E-state index in [-0.39, 0.29) is 18.3 Å². The molecule has 0 saturated carbocycles. The lowest BCUT2D eigenvalue weighted by Crippen LogP contribution is -2.34. The van der Waals surface area contributed by atoms with Crippen molar-refractivity contribution in [2.45, 2.75) is 59.4 Å². The molecule has 1 N–H and O–H groups in total. The molecule has 25 heavy (non-hydrogen) atoms. The van der Waals surface area contributed by atoms with Crippen molar-refractivity contribution in [1.29, 1.82) is 0 Å². The van der Waals surface area contributed by atoms with Gasteiger partial charge in [-0.05, 0) is 50.6 Å². The van der Waals surface area contributed by atoms with E-state index < -0.39 is 0 Å². The Morgan fingerprint density at radius 1 is 1.20 bits per heavy atom. The van der Waals surface area contributed by atoms with Gasteiger partial charge in [0.25, 0.3) is 5.91 Å². The molecule has 1 amide bonds. The Bertz CT molecular complexity index is 499. The monoisotopic (exact) mass is 371 g/mol. The third-order valence-corrected chi connectivity index (χ3v) is 4.65. The SMILES string of the molecule is CC(C)CCN(CCC(C)C)C(=O)c1cn(C2CCNCC2)nn1.Cl. The van der Waals surface area contributed by atoms with Crippen LogP contribution in [-0.2, 0) is 0 Å². The molecule has 7 heteroatoms. The van der Waals surface area contributed by atoms with Crippen LogP contribution < -0.4 is 5.32 Å². The summed E-state index contributed by atoms with van der Waals surface area (Å²) in [6, 6.07) is 0.361. The molecule has 1 aliphatic heterocycles. The number of aromatic nitrogens is 3. The van der Waals surface area contributed by atoms with Crippen LogP contribution in [0, 0.1) is 11.8 Å². The van der Waals surface area contributed by atoms with Gasteiger partial charge in [0.05, 0.1) is 12.2 Å². The van der Waals surface area contributed by atoms with Gasteiger partial charge in [0.2, 0.25) is 0 Å². The summed E-state index contributed by atoms with van der Waals surface area (Å²) in [7, 11) is 0. The van der Waals surface area contributed by atoms with Crippen LogP contribution in [0.4, 0.5) is 0 Å². The zero-order chi connectivity index (χ0) is 17.5. The Kier molecular flexibility index (Phi) is 9.43. The maximum atomic E-state index is 12.9. The predicted octanol–water partition coefficient (Wildman–Crippen LogP) is 3.16. The fourth-order valence-corrected chi connectivity index (χ4v) is 2.93. The summed E-state index contributed by atoms with van der Waals surface area (Å²) in [5, 5.41) is 11.7. The second-order valence-corrected chi connectivity index (χ2v) is 7.72. The van der Waals surface area contributed by atoms with Crippen LogP contribution in [0.3, 0.4) is 0 Å². The Hall–Kier alpha value is -1.14. The van der Waals surface area contributed by atoms with Crippen molar-refractivity contribution in [3.05, 3.63) is 11.9 Å². The molecule has 2 heterocycles. The lowest BCUT2D eigenvalue weighted by Gasteiger charge is -2.24. The van der Waals surface area contributed by atoms with Crippen molar-refractivity contribution in [2.75, 3.05) is 26.2 Å². The average Bonchev–Trinajstić information content (AvgIpc) is 3.04. The maximum absolute atomic E-state index is 12.9. The predicted molar refractivity (Wildman–Crippen MR) is 103 cm³/mol. The molecule has 1 aromatic rings. The maximum Gasteiger partial charge on any atom is 0.276 e. The highest BCUT2D eigenvalue weighted by molar-refractivity contribution is 5.91. The van der Waals surface area contributed by atoms with Crippen LogP contribution in [0.15, 0.2) is 6.20 Å². The highest BCUT2D eigenvalue weighted by Crippen LogP contribution is 2.18. The van der Waals surface area contributed by atoms with E-state index in [0.29, 0.717) is 23.6 Å². The molecule has 0 aromatic carbocycles. The molecule has 0 atom stereocenters. The van der Waals surface area contributed by atoms with Crippen LogP contribution >= 0.6 is 12.4 Å². The standard InChI is InChI=1S/C18H33N5O.ClH/c1-14(2)7-11-22(12-8-15(3)4)18(24)17-13-23(21-20-17)16-5-9-19-10-6-16;/h13-16,19H,5-12H2,1-4H3;1H. The molecule has 144 valence electrons. The summed E-state index contributed by atoms with van der Waals surface area (Å²) in [6.45, 7) is 12.4. The minimum Gasteiger partial charge on any atom is -0.337 e. The number of hydrogen-bond acceptors (Lipinski definition) is 4. The number of carbonyl (C=O) groups excluding carboxylic acids is 1. The quantitative estimate of drug-likeness (QED) is 0.762. The number of nitrogens with one attached hydrogen (secondary N) is 1. The van der Waals surface area contributed by atoms with Gasteiger partial charge in [0, 0.05) is 13.1 Å². The first-order chi connectivity index (χ1) is 11.5. The van der Waals surface area contributed by atoms with Crippen LogP contribution in [0.25, 0.3) is 0 Å². The minimum absolute atomic E-state index is 0. The summed E-state index contributed by atoms with van der Waals surface area (Å²) in [5.41, 5.74) is 0.487. The Labute approximate surface area is 158 Å². The lowest BCUT2D eigenvalue weighted by atomic mass is 10.1. The number of amides is 1. The van der Waals surface area contributed by atoms with Gasteiger partial charge in [0.15, 0.2) is 5.69 Å². The third kappa shape index (κ3) is 6.94. The first-order valence-corrected chi connectivity index (χ1v) is 9.39. The zero-order valence-electron chi connectivity index (χ0n) is 16.1. The van der Waals surface area contributed by atoms with Crippen molar-refractivity contribution in [3.63, 3.8) is 0 Å². The van der Waals surface area contributed by atoms with Crippen molar-refractivity contribution in [1.82, 2.24) is 25.2 Å². The summed E-state index contributed by atoms with van der Waals surface area (Å²) in [6.07, 6.45) is 5.97. The van der Waals surface area contributed by atoms with E-state index in [4.69, 9.17) is 0 Å². The smallest absolute Gasteiger partial charge is 0.276 e. The molecule has 1 fully saturated rings. The van der Waals surface area contributed by atoms with Gasteiger partial charge in [-0.1, -0.05) is 32.9 Å². The number of halogens is 1. The first kappa shape index (κ1) is 21.9. The second-order valence-electron chi connectivity index (χ2n) is 7.72. The Morgan fingerprint density at radius 2 is 1.76 bits per heavy atom. The molecular formula is C18H34ClN5O. The largest absolute Gasteiger partial charge is 0.337 e. The molecule has 6 nitrogen and oxygen atoms in total. The molecule has 1 aromatic heterocycles. The third-order valence-electron chi connectivity index (χ3n) is 4.65. The summed E-state index contributed by atoms with van der Waals surface area (Å²) in [5.74, 6) is 1.20. The Balaban J connectivity index is 0.00000312. The number of piperidine rings is 1. The molecule has 0 radical (unpaired) electrons.